The highest BCUT2D eigenvalue weighted by Crippen LogP contribution is 2.29. The molecule has 4 rings (SSSR count). The van der Waals surface area contributed by atoms with Crippen LogP contribution in [0.15, 0.2) is 58.7 Å². The Kier molecular flexibility index (Phi) is 4.78. The lowest BCUT2D eigenvalue weighted by Gasteiger charge is -2.08. The first-order chi connectivity index (χ1) is 13.0. The molecule has 0 saturated heterocycles. The van der Waals surface area contributed by atoms with Crippen LogP contribution in [-0.4, -0.2) is 21.6 Å². The summed E-state index contributed by atoms with van der Waals surface area (Å²) in [6.45, 7) is 0.651. The Labute approximate surface area is 158 Å². The van der Waals surface area contributed by atoms with E-state index in [1.54, 1.807) is 18.1 Å². The topological polar surface area (TPSA) is 30.2 Å². The molecule has 7 heteroatoms. The predicted octanol–water partition coefficient (Wildman–Crippen LogP) is 5.41. The number of thioether (sulfide) groups is 1. The van der Waals surface area contributed by atoms with Crippen LogP contribution in [0.5, 0.6) is 0 Å². The van der Waals surface area contributed by atoms with Gasteiger partial charge in [-0.25, -0.2) is 4.98 Å². The van der Waals surface area contributed by atoms with E-state index >= 15 is 0 Å². The largest absolute Gasteiger partial charge is 0.416 e. The third-order valence-electron chi connectivity index (χ3n) is 4.40. The Morgan fingerprint density at radius 1 is 1.11 bits per heavy atom. The zero-order valence-corrected chi connectivity index (χ0v) is 15.1. The zero-order valence-electron chi connectivity index (χ0n) is 14.3. The van der Waals surface area contributed by atoms with E-state index in [-0.39, 0.29) is 0 Å². The van der Waals surface area contributed by atoms with Crippen molar-refractivity contribution in [1.82, 2.24) is 9.55 Å². The fourth-order valence-corrected chi connectivity index (χ4v) is 3.64. The summed E-state index contributed by atoms with van der Waals surface area (Å²) >= 11 is 1.70. The van der Waals surface area contributed by atoms with E-state index in [1.165, 1.54) is 12.1 Å². The van der Waals surface area contributed by atoms with Crippen molar-refractivity contribution in [3.63, 3.8) is 0 Å². The summed E-state index contributed by atoms with van der Waals surface area (Å²) < 4.78 is 40.0. The number of halogens is 3. The van der Waals surface area contributed by atoms with Gasteiger partial charge >= 0.3 is 6.18 Å². The van der Waals surface area contributed by atoms with Gasteiger partial charge in [-0.3, -0.25) is 4.99 Å². The molecular formula is C20H16F3N3S. The third kappa shape index (κ3) is 4.08. The summed E-state index contributed by atoms with van der Waals surface area (Å²) in [6.07, 6.45) is 2.08. The van der Waals surface area contributed by atoms with Crippen molar-refractivity contribution in [3.05, 3.63) is 70.4 Å². The van der Waals surface area contributed by atoms with E-state index in [0.717, 1.165) is 45.1 Å². The molecule has 3 aromatic rings. The second-order valence-electron chi connectivity index (χ2n) is 6.26. The van der Waals surface area contributed by atoms with Crippen LogP contribution in [0, 0.1) is 0 Å². The fraction of sp³-hybridized carbons (Fsp3) is 0.200. The van der Waals surface area contributed by atoms with Crippen molar-refractivity contribution in [1.29, 1.82) is 0 Å². The van der Waals surface area contributed by atoms with Crippen LogP contribution >= 0.6 is 11.8 Å². The lowest BCUT2D eigenvalue weighted by Crippen LogP contribution is -2.05. The molecule has 0 spiro atoms. The van der Waals surface area contributed by atoms with Gasteiger partial charge in [-0.05, 0) is 47.9 Å². The number of hydrogen-bond acceptors (Lipinski definition) is 3. The Hall–Kier alpha value is -2.54. The summed E-state index contributed by atoms with van der Waals surface area (Å²) in [7, 11) is 0. The molecular weight excluding hydrogens is 371 g/mol. The molecule has 2 aromatic carbocycles. The molecule has 0 N–H and O–H groups in total. The van der Waals surface area contributed by atoms with Crippen LogP contribution in [0.4, 0.5) is 13.2 Å². The molecule has 0 radical (unpaired) electrons. The van der Waals surface area contributed by atoms with Crippen LogP contribution in [0.3, 0.4) is 0 Å². The number of hydrogen-bond donors (Lipinski definition) is 0. The molecule has 0 amide bonds. The van der Waals surface area contributed by atoms with Crippen LogP contribution in [0.1, 0.15) is 16.7 Å². The highest BCUT2D eigenvalue weighted by atomic mass is 32.2. The van der Waals surface area contributed by atoms with Gasteiger partial charge in [-0.2, -0.15) is 13.2 Å². The van der Waals surface area contributed by atoms with E-state index in [9.17, 15) is 13.2 Å². The Morgan fingerprint density at radius 3 is 2.63 bits per heavy atom. The van der Waals surface area contributed by atoms with Crippen molar-refractivity contribution in [2.24, 2.45) is 4.99 Å². The average Bonchev–Trinajstić information content (AvgIpc) is 3.29. The van der Waals surface area contributed by atoms with Crippen LogP contribution in [-0.2, 0) is 19.1 Å². The lowest BCUT2D eigenvalue weighted by molar-refractivity contribution is -0.137. The summed E-state index contributed by atoms with van der Waals surface area (Å²) in [5.74, 6) is 0.763. The number of rotatable bonds is 4. The molecule has 0 fully saturated rings. The van der Waals surface area contributed by atoms with Crippen molar-refractivity contribution in [2.45, 2.75) is 19.1 Å². The minimum atomic E-state index is -4.30. The molecule has 0 unspecified atom stereocenters. The van der Waals surface area contributed by atoms with Gasteiger partial charge in [0.2, 0.25) is 0 Å². The number of aryl methyl sites for hydroxylation is 2. The van der Waals surface area contributed by atoms with Crippen molar-refractivity contribution < 1.29 is 13.2 Å². The van der Waals surface area contributed by atoms with Crippen molar-refractivity contribution in [2.75, 3.05) is 5.88 Å². The molecule has 1 aliphatic rings. The Morgan fingerprint density at radius 2 is 1.93 bits per heavy atom. The molecule has 0 aliphatic carbocycles. The number of allylic oxidation sites excluding steroid dienone is 1. The molecule has 2 heterocycles. The number of alkyl halides is 3. The molecule has 1 aliphatic heterocycles. The van der Waals surface area contributed by atoms with E-state index in [2.05, 4.69) is 22.1 Å². The first kappa shape index (κ1) is 17.9. The maximum atomic E-state index is 12.7. The van der Waals surface area contributed by atoms with Gasteiger partial charge in [0.25, 0.3) is 0 Å². The van der Waals surface area contributed by atoms with Gasteiger partial charge in [-0.15, -0.1) is 11.8 Å². The number of imidazole rings is 1. The van der Waals surface area contributed by atoms with Gasteiger partial charge in [0.15, 0.2) is 0 Å². The third-order valence-corrected chi connectivity index (χ3v) is 5.24. The highest BCUT2D eigenvalue weighted by Gasteiger charge is 2.29. The van der Waals surface area contributed by atoms with Crippen molar-refractivity contribution >= 4 is 35.1 Å². The fourth-order valence-electron chi connectivity index (χ4n) is 2.97. The van der Waals surface area contributed by atoms with Crippen LogP contribution < -0.4 is 0 Å². The van der Waals surface area contributed by atoms with E-state index < -0.39 is 11.7 Å². The van der Waals surface area contributed by atoms with Gasteiger partial charge in [0, 0.05) is 17.7 Å². The smallest absolute Gasteiger partial charge is 0.330 e. The summed E-state index contributed by atoms with van der Waals surface area (Å²) in [5, 5.41) is 0. The number of fused-ring (bicyclic) bond motifs is 1. The standard InChI is InChI=1S/C20H16F3N3S/c21-20(22,23)16-4-1-14(2-5-16)7-8-26-12-25-18-6-3-15(10-19(18)26)9-17-11-24-13-27-17/h1-6,9-12H,7-8,13H2. The molecule has 1 aromatic heterocycles. The van der Waals surface area contributed by atoms with E-state index in [4.69, 9.17) is 0 Å². The summed E-state index contributed by atoms with van der Waals surface area (Å²) in [4.78, 5) is 9.74. The summed E-state index contributed by atoms with van der Waals surface area (Å²) in [6, 6.07) is 11.4. The number of nitrogens with zero attached hydrogens (tertiary/aromatic N) is 3. The van der Waals surface area contributed by atoms with Gasteiger partial charge < -0.3 is 4.57 Å². The number of benzene rings is 2. The number of aliphatic imine (C=N–C) groups is 1. The van der Waals surface area contributed by atoms with E-state index in [0.29, 0.717) is 13.0 Å². The first-order valence-electron chi connectivity index (χ1n) is 8.44. The Balaban J connectivity index is 1.52. The molecule has 27 heavy (non-hydrogen) atoms. The van der Waals surface area contributed by atoms with Gasteiger partial charge in [0.05, 0.1) is 28.8 Å². The van der Waals surface area contributed by atoms with Crippen LogP contribution in [0.2, 0.25) is 0 Å². The molecule has 0 saturated carbocycles. The summed E-state index contributed by atoms with van der Waals surface area (Å²) in [5.41, 5.74) is 3.23. The number of aromatic nitrogens is 2. The molecule has 0 bridgehead atoms. The molecule has 138 valence electrons. The minimum absolute atomic E-state index is 0.620. The quantitative estimate of drug-likeness (QED) is 0.599. The Bertz CT molecular complexity index is 1020. The van der Waals surface area contributed by atoms with E-state index in [1.807, 2.05) is 22.9 Å². The van der Waals surface area contributed by atoms with Gasteiger partial charge in [-0.1, -0.05) is 18.2 Å². The molecule has 3 nitrogen and oxygen atoms in total. The van der Waals surface area contributed by atoms with Gasteiger partial charge in [0.1, 0.15) is 0 Å². The zero-order chi connectivity index (χ0) is 18.9. The predicted molar refractivity (Wildman–Crippen MR) is 104 cm³/mol. The minimum Gasteiger partial charge on any atom is -0.330 e. The monoisotopic (exact) mass is 387 g/mol. The van der Waals surface area contributed by atoms with Crippen LogP contribution in [0.25, 0.3) is 17.1 Å². The maximum Gasteiger partial charge on any atom is 0.416 e. The average molecular weight is 387 g/mol. The first-order valence-corrected chi connectivity index (χ1v) is 9.43. The normalized spacial score (nSPS) is 15.9. The second kappa shape index (κ2) is 7.23. The maximum absolute atomic E-state index is 12.7. The second-order valence-corrected chi connectivity index (χ2v) is 7.28. The molecule has 0 atom stereocenters. The SMILES string of the molecule is FC(F)(F)c1ccc(CCn2cnc3ccc(C=C4C=NCS4)cc32)cc1. The lowest BCUT2D eigenvalue weighted by atomic mass is 10.1. The van der Waals surface area contributed by atoms with Crippen molar-refractivity contribution in [3.8, 4) is 0 Å². The highest BCUT2D eigenvalue weighted by molar-refractivity contribution is 8.04.